The van der Waals surface area contributed by atoms with Gasteiger partial charge in [0.2, 0.25) is 0 Å². The number of methoxy groups -OCH3 is 1. The number of nitro groups is 1. The summed E-state index contributed by atoms with van der Waals surface area (Å²) < 4.78 is 33.4. The van der Waals surface area contributed by atoms with Crippen LogP contribution in [0.25, 0.3) is 0 Å². The summed E-state index contributed by atoms with van der Waals surface area (Å²) in [5.41, 5.74) is 0.716. The van der Waals surface area contributed by atoms with Crippen molar-refractivity contribution in [2.24, 2.45) is 0 Å². The second kappa shape index (κ2) is 9.25. The van der Waals surface area contributed by atoms with E-state index in [1.165, 1.54) is 43.5 Å². The Hall–Kier alpha value is -3.63. The van der Waals surface area contributed by atoms with Crippen LogP contribution in [0.2, 0.25) is 5.02 Å². The van der Waals surface area contributed by atoms with Crippen LogP contribution in [-0.4, -0.2) is 26.4 Å². The molecule has 1 amide bonds. The van der Waals surface area contributed by atoms with Crippen molar-refractivity contribution in [3.05, 3.63) is 86.9 Å². The number of anilines is 2. The minimum absolute atomic E-state index is 0.0690. The molecule has 0 aliphatic carbocycles. The number of rotatable bonds is 7. The summed E-state index contributed by atoms with van der Waals surface area (Å²) in [6.45, 7) is 1.62. The third kappa shape index (κ3) is 5.16. The van der Waals surface area contributed by atoms with Gasteiger partial charge in [-0.15, -0.1) is 0 Å². The van der Waals surface area contributed by atoms with E-state index in [2.05, 4.69) is 10.0 Å². The van der Waals surface area contributed by atoms with Gasteiger partial charge in [0.25, 0.3) is 21.6 Å². The van der Waals surface area contributed by atoms with Crippen molar-refractivity contribution in [2.75, 3.05) is 17.1 Å². The zero-order valence-corrected chi connectivity index (χ0v) is 18.5. The standard InChI is InChI=1S/C21H18ClN3O6S/c1-13-6-7-16(25(27)28)11-18(13)24-32(29,30)17-8-9-20(31-2)19(12-17)23-21(26)14-4-3-5-15(22)10-14/h3-12,24H,1-2H3,(H,23,26). The van der Waals surface area contributed by atoms with E-state index in [4.69, 9.17) is 16.3 Å². The number of ether oxygens (including phenoxy) is 1. The van der Waals surface area contributed by atoms with Crippen LogP contribution in [0.1, 0.15) is 15.9 Å². The molecule has 2 N–H and O–H groups in total. The number of aryl methyl sites for hydroxylation is 1. The molecule has 0 aliphatic rings. The average Bonchev–Trinajstić information content (AvgIpc) is 2.75. The van der Waals surface area contributed by atoms with Gasteiger partial charge in [0.05, 0.1) is 28.3 Å². The van der Waals surface area contributed by atoms with Crippen LogP contribution in [0.15, 0.2) is 65.6 Å². The van der Waals surface area contributed by atoms with Crippen molar-refractivity contribution >= 4 is 44.6 Å². The number of benzene rings is 3. The number of hydrogen-bond donors (Lipinski definition) is 2. The predicted molar refractivity (Wildman–Crippen MR) is 121 cm³/mol. The SMILES string of the molecule is COc1ccc(S(=O)(=O)Nc2cc([N+](=O)[O-])ccc2C)cc1NC(=O)c1cccc(Cl)c1. The van der Waals surface area contributed by atoms with Crippen LogP contribution in [-0.2, 0) is 10.0 Å². The second-order valence-electron chi connectivity index (χ2n) is 6.69. The first-order valence-electron chi connectivity index (χ1n) is 9.13. The van der Waals surface area contributed by atoms with Gasteiger partial charge in [-0.2, -0.15) is 0 Å². The van der Waals surface area contributed by atoms with Crippen LogP contribution >= 0.6 is 11.6 Å². The molecule has 32 heavy (non-hydrogen) atoms. The Labute approximate surface area is 189 Å². The van der Waals surface area contributed by atoms with Gasteiger partial charge in [-0.3, -0.25) is 19.6 Å². The van der Waals surface area contributed by atoms with Gasteiger partial charge in [0.15, 0.2) is 0 Å². The van der Waals surface area contributed by atoms with Crippen molar-refractivity contribution in [2.45, 2.75) is 11.8 Å². The Balaban J connectivity index is 1.94. The number of sulfonamides is 1. The third-order valence-electron chi connectivity index (χ3n) is 4.49. The lowest BCUT2D eigenvalue weighted by atomic mass is 10.2. The highest BCUT2D eigenvalue weighted by Gasteiger charge is 2.20. The molecule has 3 aromatic carbocycles. The molecule has 0 saturated heterocycles. The summed E-state index contributed by atoms with van der Waals surface area (Å²) in [6.07, 6.45) is 0. The summed E-state index contributed by atoms with van der Waals surface area (Å²) >= 11 is 5.92. The maximum Gasteiger partial charge on any atom is 0.271 e. The lowest BCUT2D eigenvalue weighted by Crippen LogP contribution is -2.16. The van der Waals surface area contributed by atoms with Crippen molar-refractivity contribution in [3.63, 3.8) is 0 Å². The fourth-order valence-corrected chi connectivity index (χ4v) is 4.15. The number of nitro benzene ring substituents is 1. The summed E-state index contributed by atoms with van der Waals surface area (Å²) in [4.78, 5) is 22.8. The maximum atomic E-state index is 12.9. The fourth-order valence-electron chi connectivity index (χ4n) is 2.81. The first-order chi connectivity index (χ1) is 15.1. The number of hydrogen-bond acceptors (Lipinski definition) is 6. The Bertz CT molecular complexity index is 1310. The second-order valence-corrected chi connectivity index (χ2v) is 8.81. The van der Waals surface area contributed by atoms with E-state index in [1.807, 2.05) is 0 Å². The van der Waals surface area contributed by atoms with Crippen LogP contribution in [0, 0.1) is 17.0 Å². The smallest absolute Gasteiger partial charge is 0.271 e. The van der Waals surface area contributed by atoms with E-state index in [1.54, 1.807) is 25.1 Å². The van der Waals surface area contributed by atoms with Crippen LogP contribution in [0.5, 0.6) is 5.75 Å². The van der Waals surface area contributed by atoms with Gasteiger partial charge in [0, 0.05) is 22.7 Å². The van der Waals surface area contributed by atoms with E-state index >= 15 is 0 Å². The van der Waals surface area contributed by atoms with E-state index in [0.29, 0.717) is 10.6 Å². The van der Waals surface area contributed by atoms with Gasteiger partial charge >= 0.3 is 0 Å². The lowest BCUT2D eigenvalue weighted by molar-refractivity contribution is -0.384. The Morgan fingerprint density at radius 3 is 2.47 bits per heavy atom. The van der Waals surface area contributed by atoms with Crippen molar-refractivity contribution < 1.29 is 22.9 Å². The molecule has 166 valence electrons. The molecular formula is C21H18ClN3O6S. The molecule has 0 bridgehead atoms. The molecule has 3 rings (SSSR count). The molecule has 0 spiro atoms. The van der Waals surface area contributed by atoms with Gasteiger partial charge in [-0.1, -0.05) is 23.7 Å². The zero-order valence-electron chi connectivity index (χ0n) is 17.0. The zero-order chi connectivity index (χ0) is 23.5. The van der Waals surface area contributed by atoms with E-state index in [-0.39, 0.29) is 33.3 Å². The average molecular weight is 476 g/mol. The van der Waals surface area contributed by atoms with Crippen molar-refractivity contribution in [1.29, 1.82) is 0 Å². The number of nitrogens with one attached hydrogen (secondary N) is 2. The maximum absolute atomic E-state index is 12.9. The molecule has 0 unspecified atom stereocenters. The van der Waals surface area contributed by atoms with Crippen molar-refractivity contribution in [3.8, 4) is 5.75 Å². The number of non-ortho nitro benzene ring substituents is 1. The highest BCUT2D eigenvalue weighted by atomic mass is 35.5. The number of nitrogens with zero attached hydrogens (tertiary/aromatic N) is 1. The lowest BCUT2D eigenvalue weighted by Gasteiger charge is -2.14. The minimum atomic E-state index is -4.13. The Morgan fingerprint density at radius 1 is 1.06 bits per heavy atom. The highest BCUT2D eigenvalue weighted by Crippen LogP contribution is 2.30. The molecule has 0 saturated carbocycles. The molecule has 0 radical (unpaired) electrons. The first kappa shape index (κ1) is 23.0. The molecule has 0 atom stereocenters. The first-order valence-corrected chi connectivity index (χ1v) is 11.0. The Morgan fingerprint density at radius 2 is 1.81 bits per heavy atom. The van der Waals surface area contributed by atoms with Gasteiger partial charge in [0.1, 0.15) is 5.75 Å². The molecule has 0 heterocycles. The van der Waals surface area contributed by atoms with Gasteiger partial charge < -0.3 is 10.1 Å². The number of amides is 1. The van der Waals surface area contributed by atoms with E-state index in [9.17, 15) is 23.3 Å². The minimum Gasteiger partial charge on any atom is -0.495 e. The normalized spacial score (nSPS) is 11.0. The topological polar surface area (TPSA) is 128 Å². The number of carbonyl (C=O) groups excluding carboxylic acids is 1. The molecule has 3 aromatic rings. The summed E-state index contributed by atoms with van der Waals surface area (Å²) in [5.74, 6) is -0.270. The predicted octanol–water partition coefficient (Wildman–Crippen LogP) is 4.62. The van der Waals surface area contributed by atoms with Gasteiger partial charge in [-0.05, 0) is 48.9 Å². The fraction of sp³-hybridized carbons (Fsp3) is 0.0952. The van der Waals surface area contributed by atoms with Crippen molar-refractivity contribution in [1.82, 2.24) is 0 Å². The quantitative estimate of drug-likeness (QED) is 0.379. The number of carbonyl (C=O) groups is 1. The van der Waals surface area contributed by atoms with E-state index < -0.39 is 20.9 Å². The highest BCUT2D eigenvalue weighted by molar-refractivity contribution is 7.92. The molecular weight excluding hydrogens is 458 g/mol. The summed E-state index contributed by atoms with van der Waals surface area (Å²) in [5, 5.41) is 14.0. The van der Waals surface area contributed by atoms with Crippen LogP contribution in [0.3, 0.4) is 0 Å². The third-order valence-corrected chi connectivity index (χ3v) is 6.09. The summed E-state index contributed by atoms with van der Waals surface area (Å²) in [6, 6.07) is 14.0. The Kier molecular flexibility index (Phi) is 6.66. The largest absolute Gasteiger partial charge is 0.495 e. The van der Waals surface area contributed by atoms with Gasteiger partial charge in [-0.25, -0.2) is 8.42 Å². The number of halogens is 1. The van der Waals surface area contributed by atoms with Crippen LogP contribution in [0.4, 0.5) is 17.1 Å². The molecule has 11 heteroatoms. The molecule has 0 aromatic heterocycles. The van der Waals surface area contributed by atoms with Crippen LogP contribution < -0.4 is 14.8 Å². The monoisotopic (exact) mass is 475 g/mol. The summed E-state index contributed by atoms with van der Waals surface area (Å²) in [7, 11) is -2.76. The molecule has 0 fully saturated rings. The van der Waals surface area contributed by atoms with E-state index in [0.717, 1.165) is 6.07 Å². The molecule has 0 aliphatic heterocycles. The molecule has 9 nitrogen and oxygen atoms in total.